The second-order valence-corrected chi connectivity index (χ2v) is 8.66. The number of carbonyl (C=O) groups excluding carboxylic acids is 1. The van der Waals surface area contributed by atoms with Gasteiger partial charge in [0, 0.05) is 17.0 Å². The normalized spacial score (nSPS) is 10.9. The van der Waals surface area contributed by atoms with E-state index in [1.165, 1.54) is 0 Å². The van der Waals surface area contributed by atoms with E-state index < -0.39 is 0 Å². The van der Waals surface area contributed by atoms with Gasteiger partial charge >= 0.3 is 5.97 Å². The van der Waals surface area contributed by atoms with Crippen molar-refractivity contribution in [2.45, 2.75) is 39.8 Å². The van der Waals surface area contributed by atoms with Crippen molar-refractivity contribution in [1.29, 1.82) is 5.26 Å². The van der Waals surface area contributed by atoms with Gasteiger partial charge in [-0.15, -0.1) is 0 Å². The van der Waals surface area contributed by atoms with Crippen molar-refractivity contribution in [1.82, 2.24) is 9.78 Å². The predicted molar refractivity (Wildman–Crippen MR) is 138 cm³/mol. The average molecular weight is 484 g/mol. The van der Waals surface area contributed by atoms with E-state index in [1.807, 2.05) is 53.2 Å². The Bertz CT molecular complexity index is 1430. The number of para-hydroxylation sites is 1. The third-order valence-electron chi connectivity index (χ3n) is 5.85. The molecule has 0 saturated carbocycles. The molecule has 0 amide bonds. The third-order valence-corrected chi connectivity index (χ3v) is 5.85. The summed E-state index contributed by atoms with van der Waals surface area (Å²) in [7, 11) is 1.59. The van der Waals surface area contributed by atoms with Crippen molar-refractivity contribution >= 4 is 16.9 Å². The number of methoxy groups -OCH3 is 1. The number of benzene rings is 3. The Hall–Kier alpha value is -4.31. The molecule has 3 aromatic carbocycles. The van der Waals surface area contributed by atoms with E-state index in [0.717, 1.165) is 33.3 Å². The molecule has 0 radical (unpaired) electrons. The van der Waals surface area contributed by atoms with Crippen LogP contribution in [0.2, 0.25) is 0 Å². The van der Waals surface area contributed by atoms with E-state index in [1.54, 1.807) is 20.1 Å². The van der Waals surface area contributed by atoms with Crippen molar-refractivity contribution in [3.8, 4) is 28.7 Å². The molecular weight excluding hydrogens is 454 g/mol. The summed E-state index contributed by atoms with van der Waals surface area (Å²) in [6.45, 7) is 6.53. The number of hydrogen-bond donors (Lipinski definition) is 0. The highest BCUT2D eigenvalue weighted by molar-refractivity contribution is 5.87. The van der Waals surface area contributed by atoms with Crippen LogP contribution in [0.25, 0.3) is 22.0 Å². The van der Waals surface area contributed by atoms with Crippen LogP contribution in [-0.4, -0.2) is 29.5 Å². The molecule has 0 bridgehead atoms. The molecule has 4 aromatic rings. The molecule has 1 aromatic heterocycles. The van der Waals surface area contributed by atoms with E-state index >= 15 is 0 Å². The monoisotopic (exact) mass is 483 g/mol. The summed E-state index contributed by atoms with van der Waals surface area (Å²) in [6, 6.07) is 21.4. The molecular formula is C29H29N3O4. The van der Waals surface area contributed by atoms with E-state index in [2.05, 4.69) is 26.0 Å². The summed E-state index contributed by atoms with van der Waals surface area (Å²) in [5, 5.41) is 15.2. The molecule has 1 heterocycles. The van der Waals surface area contributed by atoms with Gasteiger partial charge in [0.1, 0.15) is 23.8 Å². The topological polar surface area (TPSA) is 86.4 Å². The van der Waals surface area contributed by atoms with Gasteiger partial charge in [-0.1, -0.05) is 24.3 Å². The minimum absolute atomic E-state index is 0.145. The number of nitriles is 1. The van der Waals surface area contributed by atoms with Crippen LogP contribution in [0, 0.1) is 11.3 Å². The molecule has 184 valence electrons. The van der Waals surface area contributed by atoms with E-state index in [-0.39, 0.29) is 25.0 Å². The number of ether oxygens (including phenoxy) is 3. The van der Waals surface area contributed by atoms with Gasteiger partial charge in [-0.05, 0) is 68.3 Å². The van der Waals surface area contributed by atoms with Crippen LogP contribution >= 0.6 is 0 Å². The zero-order chi connectivity index (χ0) is 25.7. The van der Waals surface area contributed by atoms with Crippen LogP contribution in [0.5, 0.6) is 11.5 Å². The molecule has 0 aliphatic rings. The standard InChI is InChI=1S/C29H29N3O4/c1-5-35-29(33)16-22-8-6-7-9-28(22)36-18-26-25-15-21(10-11-27(25)32(31-26)19(2)3)23-12-20(17-30)13-24(14-23)34-4/h6-15,19H,5,16,18H2,1-4H3. The fourth-order valence-electron chi connectivity index (χ4n) is 4.14. The summed E-state index contributed by atoms with van der Waals surface area (Å²) in [5.41, 5.74) is 4.92. The highest BCUT2D eigenvalue weighted by Gasteiger charge is 2.16. The first kappa shape index (κ1) is 24.8. The van der Waals surface area contributed by atoms with Crippen LogP contribution in [0.15, 0.2) is 60.7 Å². The van der Waals surface area contributed by atoms with Gasteiger partial charge in [-0.3, -0.25) is 9.48 Å². The number of rotatable bonds is 9. The van der Waals surface area contributed by atoms with Gasteiger partial charge in [0.25, 0.3) is 0 Å². The van der Waals surface area contributed by atoms with Crippen molar-refractivity contribution in [3.63, 3.8) is 0 Å². The van der Waals surface area contributed by atoms with Gasteiger partial charge in [-0.2, -0.15) is 10.4 Å². The molecule has 0 N–H and O–H groups in total. The zero-order valence-electron chi connectivity index (χ0n) is 20.9. The van der Waals surface area contributed by atoms with Gasteiger partial charge in [-0.25, -0.2) is 0 Å². The average Bonchev–Trinajstić information content (AvgIpc) is 3.26. The van der Waals surface area contributed by atoms with Gasteiger partial charge < -0.3 is 14.2 Å². The number of esters is 1. The lowest BCUT2D eigenvalue weighted by Gasteiger charge is -2.11. The SMILES string of the molecule is CCOC(=O)Cc1ccccc1OCc1nn(C(C)C)c2ccc(-c3cc(C#N)cc(OC)c3)cc12. The number of fused-ring (bicyclic) bond motifs is 1. The molecule has 0 spiro atoms. The first-order valence-corrected chi connectivity index (χ1v) is 11.9. The molecule has 7 heteroatoms. The number of carbonyl (C=O) groups is 1. The molecule has 7 nitrogen and oxygen atoms in total. The minimum atomic E-state index is -0.289. The first-order valence-electron chi connectivity index (χ1n) is 11.9. The summed E-state index contributed by atoms with van der Waals surface area (Å²) in [6.07, 6.45) is 0.145. The molecule has 36 heavy (non-hydrogen) atoms. The maximum Gasteiger partial charge on any atom is 0.310 e. The smallest absolute Gasteiger partial charge is 0.310 e. The number of hydrogen-bond acceptors (Lipinski definition) is 6. The van der Waals surface area contributed by atoms with Gasteiger partial charge in [0.05, 0.1) is 37.3 Å². The maximum absolute atomic E-state index is 12.0. The summed E-state index contributed by atoms with van der Waals surface area (Å²) < 4.78 is 18.6. The van der Waals surface area contributed by atoms with E-state index in [4.69, 9.17) is 19.3 Å². The van der Waals surface area contributed by atoms with Crippen LogP contribution in [0.1, 0.15) is 43.6 Å². The molecule has 0 atom stereocenters. The van der Waals surface area contributed by atoms with Crippen LogP contribution in [0.4, 0.5) is 0 Å². The molecule has 4 rings (SSSR count). The Balaban J connectivity index is 1.70. The highest BCUT2D eigenvalue weighted by Crippen LogP contribution is 2.32. The fraction of sp³-hybridized carbons (Fsp3) is 0.276. The minimum Gasteiger partial charge on any atom is -0.497 e. The predicted octanol–water partition coefficient (Wildman–Crippen LogP) is 5.85. The molecule has 0 unspecified atom stereocenters. The van der Waals surface area contributed by atoms with Crippen LogP contribution < -0.4 is 9.47 Å². The lowest BCUT2D eigenvalue weighted by molar-refractivity contribution is -0.142. The Kier molecular flexibility index (Phi) is 7.55. The Labute approximate surface area is 210 Å². The molecule has 0 fully saturated rings. The van der Waals surface area contributed by atoms with E-state index in [9.17, 15) is 10.1 Å². The lowest BCUT2D eigenvalue weighted by Crippen LogP contribution is -2.09. The van der Waals surface area contributed by atoms with Crippen LogP contribution in [0.3, 0.4) is 0 Å². The second kappa shape index (κ2) is 11.0. The highest BCUT2D eigenvalue weighted by atomic mass is 16.5. The number of aromatic nitrogens is 2. The van der Waals surface area contributed by atoms with Crippen molar-refractivity contribution in [2.24, 2.45) is 0 Å². The van der Waals surface area contributed by atoms with Gasteiger partial charge in [0.2, 0.25) is 0 Å². The summed E-state index contributed by atoms with van der Waals surface area (Å²) >= 11 is 0. The first-order chi connectivity index (χ1) is 17.4. The zero-order valence-corrected chi connectivity index (χ0v) is 20.9. The number of nitrogens with zero attached hydrogens (tertiary/aromatic N) is 3. The largest absolute Gasteiger partial charge is 0.497 e. The quantitative estimate of drug-likeness (QED) is 0.278. The third kappa shape index (κ3) is 5.33. The molecule has 0 saturated heterocycles. The summed E-state index contributed by atoms with van der Waals surface area (Å²) in [4.78, 5) is 12.0. The Morgan fingerprint density at radius 2 is 1.89 bits per heavy atom. The lowest BCUT2D eigenvalue weighted by atomic mass is 10.0. The van der Waals surface area contributed by atoms with Gasteiger partial charge in [0.15, 0.2) is 0 Å². The van der Waals surface area contributed by atoms with E-state index in [0.29, 0.717) is 23.7 Å². The molecule has 0 aliphatic heterocycles. The Morgan fingerprint density at radius 1 is 1.08 bits per heavy atom. The molecule has 0 aliphatic carbocycles. The van der Waals surface area contributed by atoms with Crippen molar-refractivity contribution < 1.29 is 19.0 Å². The maximum atomic E-state index is 12.0. The second-order valence-electron chi connectivity index (χ2n) is 8.66. The van der Waals surface area contributed by atoms with Crippen molar-refractivity contribution in [3.05, 3.63) is 77.5 Å². The van der Waals surface area contributed by atoms with Crippen LogP contribution in [-0.2, 0) is 22.6 Å². The van der Waals surface area contributed by atoms with Crippen molar-refractivity contribution in [2.75, 3.05) is 13.7 Å². The summed E-state index contributed by atoms with van der Waals surface area (Å²) in [5.74, 6) is 0.965. The fourth-order valence-corrected chi connectivity index (χ4v) is 4.14. The Morgan fingerprint density at radius 3 is 2.61 bits per heavy atom.